The first-order valence-corrected chi connectivity index (χ1v) is 8.82. The molecule has 0 spiro atoms. The van der Waals surface area contributed by atoms with E-state index in [4.69, 9.17) is 4.74 Å². The highest BCUT2D eigenvalue weighted by Gasteiger charge is 2.56. The van der Waals surface area contributed by atoms with Gasteiger partial charge in [0.25, 0.3) is 6.47 Å². The number of rotatable bonds is 6. The monoisotopic (exact) mass is 361 g/mol. The highest BCUT2D eigenvalue weighted by Crippen LogP contribution is 2.39. The molecule has 6 heteroatoms. The normalized spacial score (nSPS) is 35.3. The number of carbonyl (C=O) groups excluding carboxylic acids is 2. The van der Waals surface area contributed by atoms with Crippen molar-refractivity contribution >= 4 is 28.3 Å². The summed E-state index contributed by atoms with van der Waals surface area (Å²) in [4.78, 5) is 23.1. The fourth-order valence-corrected chi connectivity index (χ4v) is 4.29. The summed E-state index contributed by atoms with van der Waals surface area (Å²) in [6.45, 7) is 2.14. The van der Waals surface area contributed by atoms with Crippen LogP contribution in [0.15, 0.2) is 0 Å². The van der Waals surface area contributed by atoms with Crippen LogP contribution in [0.5, 0.6) is 0 Å². The molecule has 1 amide bonds. The van der Waals surface area contributed by atoms with Gasteiger partial charge in [-0.1, -0.05) is 35.2 Å². The van der Waals surface area contributed by atoms with Gasteiger partial charge in [-0.3, -0.25) is 9.59 Å². The quantitative estimate of drug-likeness (QED) is 0.558. The molecule has 1 heterocycles. The van der Waals surface area contributed by atoms with E-state index in [1.807, 2.05) is 0 Å². The third-order valence-electron chi connectivity index (χ3n) is 5.10. The summed E-state index contributed by atoms with van der Waals surface area (Å²) >= 11 is 3.34. The second-order valence-corrected chi connectivity index (χ2v) is 7.10. The van der Waals surface area contributed by atoms with Crippen LogP contribution in [0, 0.1) is 11.8 Å². The Kier molecular flexibility index (Phi) is 5.66. The summed E-state index contributed by atoms with van der Waals surface area (Å²) in [5.41, 5.74) is -0.983. The maximum atomic E-state index is 12.2. The highest BCUT2D eigenvalue weighted by molar-refractivity contribution is 9.09. The highest BCUT2D eigenvalue weighted by atomic mass is 79.9. The molecule has 2 fully saturated rings. The van der Waals surface area contributed by atoms with Crippen molar-refractivity contribution in [2.75, 3.05) is 5.33 Å². The smallest absolute Gasteiger partial charge is 0.293 e. The van der Waals surface area contributed by atoms with Crippen molar-refractivity contribution < 1.29 is 19.4 Å². The van der Waals surface area contributed by atoms with E-state index in [2.05, 4.69) is 21.2 Å². The number of hydrogen-bond donors (Lipinski definition) is 2. The topological polar surface area (TPSA) is 75.6 Å². The number of nitrogens with one attached hydrogen (secondary N) is 1. The van der Waals surface area contributed by atoms with Gasteiger partial charge in [0.1, 0.15) is 5.60 Å². The molecule has 1 saturated carbocycles. The predicted molar refractivity (Wildman–Crippen MR) is 82.0 cm³/mol. The van der Waals surface area contributed by atoms with Crippen LogP contribution in [0.2, 0.25) is 0 Å². The van der Waals surface area contributed by atoms with Crippen LogP contribution < -0.4 is 5.32 Å². The van der Waals surface area contributed by atoms with Crippen molar-refractivity contribution in [3.05, 3.63) is 0 Å². The van der Waals surface area contributed by atoms with Crippen molar-refractivity contribution in [3.63, 3.8) is 0 Å². The first-order valence-electron chi connectivity index (χ1n) is 7.70. The second kappa shape index (κ2) is 7.09. The van der Waals surface area contributed by atoms with E-state index in [0.717, 1.165) is 25.7 Å². The lowest BCUT2D eigenvalue weighted by atomic mass is 9.76. The van der Waals surface area contributed by atoms with Gasteiger partial charge in [0.2, 0.25) is 5.91 Å². The Labute approximate surface area is 133 Å². The fraction of sp³-hybridized carbons (Fsp3) is 0.867. The number of carbonyl (C=O) groups is 2. The number of hydrogen-bond acceptors (Lipinski definition) is 4. The van der Waals surface area contributed by atoms with Crippen LogP contribution in [0.1, 0.15) is 45.4 Å². The van der Waals surface area contributed by atoms with E-state index >= 15 is 0 Å². The first kappa shape index (κ1) is 16.7. The number of alkyl halides is 1. The molecule has 1 aliphatic heterocycles. The van der Waals surface area contributed by atoms with E-state index in [1.54, 1.807) is 6.92 Å². The van der Waals surface area contributed by atoms with E-state index in [-0.39, 0.29) is 11.8 Å². The summed E-state index contributed by atoms with van der Waals surface area (Å²) in [6.07, 6.45) is 5.26. The van der Waals surface area contributed by atoms with Crippen molar-refractivity contribution in [3.8, 4) is 0 Å². The second-order valence-electron chi connectivity index (χ2n) is 6.30. The van der Waals surface area contributed by atoms with Gasteiger partial charge < -0.3 is 15.2 Å². The van der Waals surface area contributed by atoms with Crippen LogP contribution in [-0.2, 0) is 14.3 Å². The zero-order valence-corrected chi connectivity index (χ0v) is 14.0. The molecule has 2 N–H and O–H groups in total. The van der Waals surface area contributed by atoms with Gasteiger partial charge in [-0.25, -0.2) is 0 Å². The molecule has 0 aromatic heterocycles. The molecule has 1 aliphatic carbocycles. The number of aliphatic hydroxyl groups is 1. The van der Waals surface area contributed by atoms with Crippen LogP contribution in [0.4, 0.5) is 0 Å². The summed E-state index contributed by atoms with van der Waals surface area (Å²) in [7, 11) is 0. The summed E-state index contributed by atoms with van der Waals surface area (Å²) in [5.74, 6) is -0.398. The van der Waals surface area contributed by atoms with Crippen molar-refractivity contribution in [1.82, 2.24) is 5.32 Å². The van der Waals surface area contributed by atoms with Gasteiger partial charge in [0.15, 0.2) is 0 Å². The van der Waals surface area contributed by atoms with E-state index < -0.39 is 23.7 Å². The zero-order valence-electron chi connectivity index (χ0n) is 12.4. The average molecular weight is 362 g/mol. The lowest BCUT2D eigenvalue weighted by molar-refractivity contribution is -0.153. The molecule has 2 aliphatic rings. The third kappa shape index (κ3) is 3.26. The number of halogens is 1. The Hall–Kier alpha value is -0.620. The molecule has 0 aromatic carbocycles. The van der Waals surface area contributed by atoms with Crippen molar-refractivity contribution in [2.24, 2.45) is 11.8 Å². The molecule has 0 aromatic rings. The molecular weight excluding hydrogens is 338 g/mol. The molecular formula is C15H24BrNO4. The molecule has 0 bridgehead atoms. The molecule has 21 heavy (non-hydrogen) atoms. The van der Waals surface area contributed by atoms with Crippen molar-refractivity contribution in [2.45, 2.75) is 63.2 Å². The predicted octanol–water partition coefficient (Wildman–Crippen LogP) is 1.76. The van der Waals surface area contributed by atoms with Gasteiger partial charge in [-0.2, -0.15) is 0 Å². The van der Waals surface area contributed by atoms with Gasteiger partial charge in [-0.05, 0) is 32.1 Å². The number of amides is 1. The zero-order chi connectivity index (χ0) is 15.5. The van der Waals surface area contributed by atoms with Crippen LogP contribution >= 0.6 is 15.9 Å². The van der Waals surface area contributed by atoms with Gasteiger partial charge in [0.05, 0.1) is 18.1 Å². The fourth-order valence-electron chi connectivity index (χ4n) is 3.83. The van der Waals surface area contributed by atoms with Gasteiger partial charge in [0, 0.05) is 5.33 Å². The SMILES string of the molecule is C[C@@]1(OC=O)[C@@H]([C@@H](O)C2CCCCC2)NC(=O)[C@@H]1CCBr. The Morgan fingerprint density at radius 2 is 2.14 bits per heavy atom. The van der Waals surface area contributed by atoms with Crippen LogP contribution in [0.3, 0.4) is 0 Å². The average Bonchev–Trinajstić information content (AvgIpc) is 2.73. The number of ether oxygens (including phenoxy) is 1. The maximum Gasteiger partial charge on any atom is 0.293 e. The maximum absolute atomic E-state index is 12.2. The Balaban J connectivity index is 2.19. The lowest BCUT2D eigenvalue weighted by Gasteiger charge is -2.38. The largest absolute Gasteiger partial charge is 0.458 e. The van der Waals surface area contributed by atoms with Gasteiger partial charge in [-0.15, -0.1) is 0 Å². The molecule has 5 nitrogen and oxygen atoms in total. The molecule has 120 valence electrons. The molecule has 0 unspecified atom stereocenters. The Morgan fingerprint density at radius 1 is 1.48 bits per heavy atom. The van der Waals surface area contributed by atoms with Crippen LogP contribution in [-0.4, -0.2) is 40.6 Å². The van der Waals surface area contributed by atoms with E-state index in [0.29, 0.717) is 18.2 Å². The Bertz CT molecular complexity index is 386. The number of aliphatic hydroxyl groups excluding tert-OH is 1. The lowest BCUT2D eigenvalue weighted by Crippen LogP contribution is -2.54. The van der Waals surface area contributed by atoms with Gasteiger partial charge >= 0.3 is 0 Å². The standard InChI is InChI=1S/C15H24BrNO4/c1-15(21-9-18)11(7-8-16)14(20)17-13(15)12(19)10-5-3-2-4-6-10/h9-13,19H,2-8H2,1H3,(H,17,20)/t11-,12-,13+,15-/m0/s1. The van der Waals surface area contributed by atoms with Crippen LogP contribution in [0.25, 0.3) is 0 Å². The van der Waals surface area contributed by atoms with E-state index in [9.17, 15) is 14.7 Å². The summed E-state index contributed by atoms with van der Waals surface area (Å²) in [5, 5.41) is 14.2. The molecule has 1 saturated heterocycles. The molecule has 4 atom stereocenters. The summed E-state index contributed by atoms with van der Waals surface area (Å²) in [6, 6.07) is -0.526. The minimum Gasteiger partial charge on any atom is -0.458 e. The first-order chi connectivity index (χ1) is 10.0. The Morgan fingerprint density at radius 3 is 2.71 bits per heavy atom. The molecule has 0 radical (unpaired) electrons. The third-order valence-corrected chi connectivity index (χ3v) is 5.56. The van der Waals surface area contributed by atoms with Crippen molar-refractivity contribution in [1.29, 1.82) is 0 Å². The minimum absolute atomic E-state index is 0.140. The van der Waals surface area contributed by atoms with E-state index in [1.165, 1.54) is 6.42 Å². The minimum atomic E-state index is -0.983. The summed E-state index contributed by atoms with van der Waals surface area (Å²) < 4.78 is 5.31. The molecule has 2 rings (SSSR count).